The molecule has 0 saturated carbocycles. The van der Waals surface area contributed by atoms with Crippen LogP contribution in [0.2, 0.25) is 0 Å². The summed E-state index contributed by atoms with van der Waals surface area (Å²) < 4.78 is 18.1. The third-order valence-electron chi connectivity index (χ3n) is 3.82. The van der Waals surface area contributed by atoms with Crippen LogP contribution in [0.1, 0.15) is 12.5 Å². The molecule has 2 aromatic rings. The summed E-state index contributed by atoms with van der Waals surface area (Å²) in [6, 6.07) is 4.71. The van der Waals surface area contributed by atoms with Crippen molar-refractivity contribution in [2.45, 2.75) is 13.3 Å². The monoisotopic (exact) mass is 462 g/mol. The normalized spacial score (nSPS) is 12.4. The van der Waals surface area contributed by atoms with Crippen LogP contribution in [0.5, 0.6) is 0 Å². The second-order valence-corrected chi connectivity index (χ2v) is 5.56. The second-order valence-electron chi connectivity index (χ2n) is 5.56. The van der Waals surface area contributed by atoms with E-state index in [0.717, 1.165) is 22.9 Å². The molecule has 0 aliphatic rings. The van der Waals surface area contributed by atoms with Gasteiger partial charge < -0.3 is 20.4 Å². The number of aliphatic imine (C=N–C) groups is 1. The Kier molecular flexibility index (Phi) is 8.67. The molecule has 2 rings (SSSR count). The first kappa shape index (κ1) is 21.2. The maximum Gasteiger partial charge on any atom is 0.310 e. The summed E-state index contributed by atoms with van der Waals surface area (Å²) in [5.74, 6) is -0.161. The number of hydrogen-bond acceptors (Lipinski definition) is 3. The van der Waals surface area contributed by atoms with E-state index in [2.05, 4.69) is 25.3 Å². The molecule has 0 aliphatic heterocycles. The molecule has 25 heavy (non-hydrogen) atoms. The zero-order valence-electron chi connectivity index (χ0n) is 14.6. The molecule has 0 amide bonds. The summed E-state index contributed by atoms with van der Waals surface area (Å²) in [6.07, 6.45) is 2.61. The highest BCUT2D eigenvalue weighted by atomic mass is 127. The lowest BCUT2D eigenvalue weighted by atomic mass is 10.1. The molecule has 1 unspecified atom stereocenters. The van der Waals surface area contributed by atoms with Crippen molar-refractivity contribution in [3.8, 4) is 0 Å². The first-order valence-electron chi connectivity index (χ1n) is 7.83. The molecule has 0 saturated heterocycles. The molecule has 1 aromatic carbocycles. The Morgan fingerprint density at radius 1 is 1.40 bits per heavy atom. The van der Waals surface area contributed by atoms with Crippen molar-refractivity contribution in [2.24, 2.45) is 10.9 Å². The standard InChI is InChI=1S/C17H23FN4O2.HI/c1-11(16(23)24-3)9-22-17(19-2)20-7-6-12-10-21-15-5-4-13(18)8-14(12)15;/h4-5,8,10-11,21H,6-7,9H2,1-3H3,(H2,19,20,22);1H. The van der Waals surface area contributed by atoms with Gasteiger partial charge in [-0.1, -0.05) is 6.92 Å². The van der Waals surface area contributed by atoms with Gasteiger partial charge in [0.2, 0.25) is 0 Å². The van der Waals surface area contributed by atoms with Gasteiger partial charge in [0.25, 0.3) is 0 Å². The molecule has 138 valence electrons. The Balaban J connectivity index is 0.00000312. The molecule has 1 atom stereocenters. The van der Waals surface area contributed by atoms with E-state index in [4.69, 9.17) is 0 Å². The van der Waals surface area contributed by atoms with Crippen molar-refractivity contribution in [2.75, 3.05) is 27.2 Å². The maximum absolute atomic E-state index is 13.4. The first-order chi connectivity index (χ1) is 11.5. The smallest absolute Gasteiger partial charge is 0.310 e. The summed E-state index contributed by atoms with van der Waals surface area (Å²) in [5.41, 5.74) is 1.95. The molecule has 1 aromatic heterocycles. The summed E-state index contributed by atoms with van der Waals surface area (Å²) in [5, 5.41) is 7.15. The number of aromatic amines is 1. The summed E-state index contributed by atoms with van der Waals surface area (Å²) in [6.45, 7) is 2.85. The Morgan fingerprint density at radius 2 is 2.16 bits per heavy atom. The van der Waals surface area contributed by atoms with Crippen LogP contribution in [0.25, 0.3) is 10.9 Å². The predicted octanol–water partition coefficient (Wildman–Crippen LogP) is 2.44. The van der Waals surface area contributed by atoms with E-state index in [1.54, 1.807) is 20.0 Å². The van der Waals surface area contributed by atoms with Gasteiger partial charge in [0.05, 0.1) is 13.0 Å². The van der Waals surface area contributed by atoms with Gasteiger partial charge in [-0.15, -0.1) is 24.0 Å². The van der Waals surface area contributed by atoms with Gasteiger partial charge in [0, 0.05) is 37.2 Å². The van der Waals surface area contributed by atoms with Gasteiger partial charge >= 0.3 is 5.97 Å². The van der Waals surface area contributed by atoms with Gasteiger partial charge in [-0.05, 0) is 30.2 Å². The van der Waals surface area contributed by atoms with E-state index in [-0.39, 0.29) is 41.7 Å². The van der Waals surface area contributed by atoms with E-state index in [9.17, 15) is 9.18 Å². The van der Waals surface area contributed by atoms with Gasteiger partial charge in [0.1, 0.15) is 5.82 Å². The Morgan fingerprint density at radius 3 is 2.84 bits per heavy atom. The van der Waals surface area contributed by atoms with E-state index < -0.39 is 0 Å². The molecular formula is C17H24FIN4O2. The molecule has 8 heteroatoms. The molecule has 3 N–H and O–H groups in total. The summed E-state index contributed by atoms with van der Waals surface area (Å²) in [7, 11) is 3.04. The van der Waals surface area contributed by atoms with Crippen LogP contribution in [0, 0.1) is 11.7 Å². The second kappa shape index (κ2) is 10.2. The van der Waals surface area contributed by atoms with Crippen LogP contribution in [0.15, 0.2) is 29.4 Å². The number of aromatic nitrogens is 1. The average molecular weight is 462 g/mol. The van der Waals surface area contributed by atoms with Crippen molar-refractivity contribution in [1.82, 2.24) is 15.6 Å². The van der Waals surface area contributed by atoms with E-state index >= 15 is 0 Å². The fourth-order valence-electron chi connectivity index (χ4n) is 2.43. The number of halogens is 2. The number of esters is 1. The topological polar surface area (TPSA) is 78.5 Å². The molecule has 6 nitrogen and oxygen atoms in total. The molecule has 0 radical (unpaired) electrons. The van der Waals surface area contributed by atoms with Crippen LogP contribution >= 0.6 is 24.0 Å². The first-order valence-corrected chi connectivity index (χ1v) is 7.83. The third kappa shape index (κ3) is 5.87. The molecular weight excluding hydrogens is 438 g/mol. The zero-order chi connectivity index (χ0) is 17.5. The van der Waals surface area contributed by atoms with Gasteiger partial charge in [-0.25, -0.2) is 4.39 Å². The van der Waals surface area contributed by atoms with E-state index in [1.807, 2.05) is 6.20 Å². The van der Waals surface area contributed by atoms with Gasteiger partial charge in [-0.2, -0.15) is 0 Å². The van der Waals surface area contributed by atoms with E-state index in [1.165, 1.54) is 19.2 Å². The van der Waals surface area contributed by atoms with Crippen molar-refractivity contribution in [3.05, 3.63) is 35.8 Å². The minimum Gasteiger partial charge on any atom is -0.469 e. The van der Waals surface area contributed by atoms with E-state index in [0.29, 0.717) is 19.0 Å². The number of carbonyl (C=O) groups is 1. The Hall–Kier alpha value is -1.84. The van der Waals surface area contributed by atoms with Crippen molar-refractivity contribution in [3.63, 3.8) is 0 Å². The maximum atomic E-state index is 13.4. The number of guanidine groups is 1. The van der Waals surface area contributed by atoms with Crippen LogP contribution in [0.4, 0.5) is 4.39 Å². The number of nitrogens with zero attached hydrogens (tertiary/aromatic N) is 1. The number of hydrogen-bond donors (Lipinski definition) is 3. The highest BCUT2D eigenvalue weighted by molar-refractivity contribution is 14.0. The number of benzene rings is 1. The van der Waals surface area contributed by atoms with Crippen molar-refractivity contribution < 1.29 is 13.9 Å². The predicted molar refractivity (Wildman–Crippen MR) is 108 cm³/mol. The Bertz CT molecular complexity index is 733. The van der Waals surface area contributed by atoms with Crippen LogP contribution in [-0.4, -0.2) is 44.2 Å². The highest BCUT2D eigenvalue weighted by Crippen LogP contribution is 2.19. The van der Waals surface area contributed by atoms with Crippen molar-refractivity contribution in [1.29, 1.82) is 0 Å². The molecule has 0 aliphatic carbocycles. The fraction of sp³-hybridized carbons (Fsp3) is 0.412. The van der Waals surface area contributed by atoms with Crippen LogP contribution in [0.3, 0.4) is 0 Å². The fourth-order valence-corrected chi connectivity index (χ4v) is 2.43. The number of ether oxygens (including phenoxy) is 1. The van der Waals surface area contributed by atoms with Gasteiger partial charge in [0.15, 0.2) is 5.96 Å². The Labute approximate surface area is 163 Å². The lowest BCUT2D eigenvalue weighted by Gasteiger charge is -2.14. The zero-order valence-corrected chi connectivity index (χ0v) is 16.9. The summed E-state index contributed by atoms with van der Waals surface area (Å²) >= 11 is 0. The highest BCUT2D eigenvalue weighted by Gasteiger charge is 2.13. The average Bonchev–Trinajstić information content (AvgIpc) is 2.99. The minimum absolute atomic E-state index is 0. The lowest BCUT2D eigenvalue weighted by molar-refractivity contribution is -0.144. The van der Waals surface area contributed by atoms with Crippen LogP contribution < -0.4 is 10.6 Å². The molecule has 0 bridgehead atoms. The third-order valence-corrected chi connectivity index (χ3v) is 3.82. The molecule has 0 fully saturated rings. The number of methoxy groups -OCH3 is 1. The number of rotatable bonds is 6. The van der Waals surface area contributed by atoms with Gasteiger partial charge in [-0.3, -0.25) is 9.79 Å². The number of fused-ring (bicyclic) bond motifs is 1. The minimum atomic E-state index is -0.265. The summed E-state index contributed by atoms with van der Waals surface area (Å²) in [4.78, 5) is 18.6. The lowest BCUT2D eigenvalue weighted by Crippen LogP contribution is -2.41. The van der Waals surface area contributed by atoms with Crippen molar-refractivity contribution >= 4 is 46.8 Å². The molecule has 0 spiro atoms. The SMILES string of the molecule is CN=C(NCCc1c[nH]c2ccc(F)cc12)NCC(C)C(=O)OC.I. The number of nitrogens with one attached hydrogen (secondary N) is 3. The largest absolute Gasteiger partial charge is 0.469 e. The number of H-pyrrole nitrogens is 1. The quantitative estimate of drug-likeness (QED) is 0.267. The molecule has 1 heterocycles. The van der Waals surface area contributed by atoms with Crippen LogP contribution in [-0.2, 0) is 16.0 Å². The number of carbonyl (C=O) groups excluding carboxylic acids is 1.